The molecule has 0 saturated carbocycles. The second kappa shape index (κ2) is 5.97. The fraction of sp³-hybridized carbons (Fsp3) is 0.900. The standard InChI is InChI=1S/C10H21N3/c1-10(11)12-6-5-9-13-7-3-2-4-8-13/h2-9H2,1H3,(H2,11,12). The quantitative estimate of drug-likeness (QED) is 0.405. The van der Waals surface area contributed by atoms with Crippen molar-refractivity contribution in [3.8, 4) is 0 Å². The zero-order chi connectivity index (χ0) is 9.52. The summed E-state index contributed by atoms with van der Waals surface area (Å²) in [5.74, 6) is 0.707. The lowest BCUT2D eigenvalue weighted by atomic mass is 10.1. The van der Waals surface area contributed by atoms with Crippen LogP contribution in [0.1, 0.15) is 32.6 Å². The molecule has 0 radical (unpaired) electrons. The molecule has 0 bridgehead atoms. The van der Waals surface area contributed by atoms with Gasteiger partial charge in [0.1, 0.15) is 0 Å². The van der Waals surface area contributed by atoms with Crippen molar-refractivity contribution in [3.05, 3.63) is 0 Å². The van der Waals surface area contributed by atoms with Gasteiger partial charge in [0.2, 0.25) is 0 Å². The summed E-state index contributed by atoms with van der Waals surface area (Å²) in [5.41, 5.74) is 5.45. The first-order valence-electron chi connectivity index (χ1n) is 5.28. The van der Waals surface area contributed by atoms with Gasteiger partial charge in [-0.15, -0.1) is 0 Å². The Morgan fingerprint density at radius 2 is 2.00 bits per heavy atom. The molecule has 0 atom stereocenters. The lowest BCUT2D eigenvalue weighted by Crippen LogP contribution is -2.30. The minimum atomic E-state index is 0.707. The topological polar surface area (TPSA) is 41.6 Å². The third kappa shape index (κ3) is 4.88. The van der Waals surface area contributed by atoms with E-state index in [9.17, 15) is 0 Å². The van der Waals surface area contributed by atoms with Crippen LogP contribution < -0.4 is 5.73 Å². The van der Waals surface area contributed by atoms with Crippen LogP contribution in [0.15, 0.2) is 4.99 Å². The van der Waals surface area contributed by atoms with Gasteiger partial charge in [0.05, 0.1) is 5.84 Å². The van der Waals surface area contributed by atoms with Crippen LogP contribution in [-0.4, -0.2) is 36.9 Å². The summed E-state index contributed by atoms with van der Waals surface area (Å²) in [6.45, 7) is 6.49. The average Bonchev–Trinajstić information content (AvgIpc) is 2.14. The largest absolute Gasteiger partial charge is 0.388 e. The van der Waals surface area contributed by atoms with Crippen molar-refractivity contribution in [3.63, 3.8) is 0 Å². The van der Waals surface area contributed by atoms with Crippen LogP contribution in [0.5, 0.6) is 0 Å². The summed E-state index contributed by atoms with van der Waals surface area (Å²) in [5, 5.41) is 0. The third-order valence-electron chi connectivity index (χ3n) is 2.44. The molecule has 0 spiro atoms. The molecule has 2 N–H and O–H groups in total. The monoisotopic (exact) mass is 183 g/mol. The zero-order valence-corrected chi connectivity index (χ0v) is 8.63. The van der Waals surface area contributed by atoms with Gasteiger partial charge in [-0.25, -0.2) is 0 Å². The van der Waals surface area contributed by atoms with Crippen molar-refractivity contribution in [2.45, 2.75) is 32.6 Å². The highest BCUT2D eigenvalue weighted by atomic mass is 15.1. The predicted molar refractivity (Wildman–Crippen MR) is 57.1 cm³/mol. The van der Waals surface area contributed by atoms with Crippen LogP contribution in [-0.2, 0) is 0 Å². The lowest BCUT2D eigenvalue weighted by Gasteiger charge is -2.25. The van der Waals surface area contributed by atoms with E-state index in [1.54, 1.807) is 0 Å². The molecule has 0 aromatic heterocycles. The molecule has 1 rings (SSSR count). The smallest absolute Gasteiger partial charge is 0.0905 e. The average molecular weight is 183 g/mol. The van der Waals surface area contributed by atoms with Gasteiger partial charge in [-0.05, 0) is 45.8 Å². The highest BCUT2D eigenvalue weighted by Gasteiger charge is 2.08. The lowest BCUT2D eigenvalue weighted by molar-refractivity contribution is 0.228. The number of amidine groups is 1. The minimum absolute atomic E-state index is 0.707. The fourth-order valence-electron chi connectivity index (χ4n) is 1.73. The van der Waals surface area contributed by atoms with Crippen molar-refractivity contribution < 1.29 is 0 Å². The molecule has 1 aliphatic rings. The van der Waals surface area contributed by atoms with Gasteiger partial charge in [-0.2, -0.15) is 0 Å². The third-order valence-corrected chi connectivity index (χ3v) is 2.44. The van der Waals surface area contributed by atoms with E-state index in [0.29, 0.717) is 5.84 Å². The van der Waals surface area contributed by atoms with Gasteiger partial charge in [0.15, 0.2) is 0 Å². The van der Waals surface area contributed by atoms with E-state index < -0.39 is 0 Å². The molecule has 3 nitrogen and oxygen atoms in total. The molecular weight excluding hydrogens is 162 g/mol. The fourth-order valence-corrected chi connectivity index (χ4v) is 1.73. The van der Waals surface area contributed by atoms with Crippen molar-refractivity contribution >= 4 is 5.84 Å². The van der Waals surface area contributed by atoms with E-state index in [2.05, 4.69) is 9.89 Å². The van der Waals surface area contributed by atoms with Gasteiger partial charge in [-0.3, -0.25) is 4.99 Å². The Hall–Kier alpha value is -0.570. The van der Waals surface area contributed by atoms with Gasteiger partial charge in [0, 0.05) is 6.54 Å². The molecular formula is C10H21N3. The Balaban J connectivity index is 2.01. The minimum Gasteiger partial charge on any atom is -0.388 e. The number of rotatable bonds is 4. The molecule has 0 aliphatic carbocycles. The Morgan fingerprint density at radius 1 is 1.31 bits per heavy atom. The number of hydrogen-bond acceptors (Lipinski definition) is 2. The Labute approximate surface area is 81.0 Å². The number of nitrogens with two attached hydrogens (primary N) is 1. The summed E-state index contributed by atoms with van der Waals surface area (Å²) in [7, 11) is 0. The molecule has 1 heterocycles. The van der Waals surface area contributed by atoms with Crippen LogP contribution in [0, 0.1) is 0 Å². The maximum Gasteiger partial charge on any atom is 0.0905 e. The molecule has 0 aromatic carbocycles. The van der Waals surface area contributed by atoms with Gasteiger partial charge in [0.25, 0.3) is 0 Å². The predicted octanol–water partition coefficient (Wildman–Crippen LogP) is 1.24. The van der Waals surface area contributed by atoms with Crippen LogP contribution in [0.2, 0.25) is 0 Å². The van der Waals surface area contributed by atoms with Crippen LogP contribution in [0.3, 0.4) is 0 Å². The van der Waals surface area contributed by atoms with E-state index in [4.69, 9.17) is 5.73 Å². The molecule has 0 unspecified atom stereocenters. The van der Waals surface area contributed by atoms with E-state index in [1.165, 1.54) is 38.9 Å². The highest BCUT2D eigenvalue weighted by Crippen LogP contribution is 2.08. The number of aliphatic imine (C=N–C) groups is 1. The maximum atomic E-state index is 5.45. The summed E-state index contributed by atoms with van der Waals surface area (Å²) >= 11 is 0. The van der Waals surface area contributed by atoms with E-state index in [-0.39, 0.29) is 0 Å². The Bertz CT molecular complexity index is 156. The molecule has 0 aromatic rings. The van der Waals surface area contributed by atoms with E-state index >= 15 is 0 Å². The number of likely N-dealkylation sites (tertiary alicyclic amines) is 1. The van der Waals surface area contributed by atoms with Crippen molar-refractivity contribution in [2.75, 3.05) is 26.2 Å². The molecule has 1 saturated heterocycles. The summed E-state index contributed by atoms with van der Waals surface area (Å²) in [6.07, 6.45) is 5.31. The maximum absolute atomic E-state index is 5.45. The second-order valence-electron chi connectivity index (χ2n) is 3.78. The normalized spacial score (nSPS) is 20.5. The Kier molecular flexibility index (Phi) is 4.83. The van der Waals surface area contributed by atoms with Gasteiger partial charge in [-0.1, -0.05) is 6.42 Å². The van der Waals surface area contributed by atoms with E-state index in [1.807, 2.05) is 6.92 Å². The Morgan fingerprint density at radius 3 is 2.62 bits per heavy atom. The van der Waals surface area contributed by atoms with Gasteiger partial charge >= 0.3 is 0 Å². The summed E-state index contributed by atoms with van der Waals surface area (Å²) in [4.78, 5) is 6.71. The molecule has 76 valence electrons. The number of nitrogens with zero attached hydrogens (tertiary/aromatic N) is 2. The van der Waals surface area contributed by atoms with Crippen molar-refractivity contribution in [1.29, 1.82) is 0 Å². The molecule has 1 aliphatic heterocycles. The first kappa shape index (κ1) is 10.5. The zero-order valence-electron chi connectivity index (χ0n) is 8.63. The molecule has 0 amide bonds. The molecule has 1 fully saturated rings. The number of piperidine rings is 1. The van der Waals surface area contributed by atoms with Crippen LogP contribution >= 0.6 is 0 Å². The number of hydrogen-bond donors (Lipinski definition) is 1. The SMILES string of the molecule is CC(N)=NCCCN1CCCCC1. The second-order valence-corrected chi connectivity index (χ2v) is 3.78. The highest BCUT2D eigenvalue weighted by molar-refractivity contribution is 5.77. The van der Waals surface area contributed by atoms with Crippen LogP contribution in [0.4, 0.5) is 0 Å². The van der Waals surface area contributed by atoms with E-state index in [0.717, 1.165) is 13.0 Å². The van der Waals surface area contributed by atoms with Crippen molar-refractivity contribution in [2.24, 2.45) is 10.7 Å². The molecule has 3 heteroatoms. The van der Waals surface area contributed by atoms with Crippen molar-refractivity contribution in [1.82, 2.24) is 4.90 Å². The first-order chi connectivity index (χ1) is 6.29. The van der Waals surface area contributed by atoms with Gasteiger partial charge < -0.3 is 10.6 Å². The molecule has 13 heavy (non-hydrogen) atoms. The van der Waals surface area contributed by atoms with Crippen LogP contribution in [0.25, 0.3) is 0 Å². The summed E-state index contributed by atoms with van der Waals surface area (Å²) < 4.78 is 0. The summed E-state index contributed by atoms with van der Waals surface area (Å²) in [6, 6.07) is 0. The first-order valence-corrected chi connectivity index (χ1v) is 5.28.